The molecule has 1 aromatic heterocycles. The van der Waals surface area contributed by atoms with Crippen LogP contribution in [0.5, 0.6) is 0 Å². The van der Waals surface area contributed by atoms with E-state index in [9.17, 15) is 13.6 Å². The molecule has 0 saturated heterocycles. The minimum absolute atomic E-state index is 0.240. The van der Waals surface area contributed by atoms with Gasteiger partial charge < -0.3 is 10.6 Å². The largest absolute Gasteiger partial charge is 0.375 e. The fourth-order valence-corrected chi connectivity index (χ4v) is 2.28. The van der Waals surface area contributed by atoms with Gasteiger partial charge in [0.05, 0.1) is 6.04 Å². The Morgan fingerprint density at radius 2 is 2.10 bits per heavy atom. The van der Waals surface area contributed by atoms with Gasteiger partial charge in [-0.05, 0) is 24.6 Å². The zero-order chi connectivity index (χ0) is 14.9. The Morgan fingerprint density at radius 1 is 1.40 bits per heavy atom. The molecule has 0 radical (unpaired) electrons. The molecule has 0 aliphatic carbocycles. The second kappa shape index (κ2) is 5.54. The number of halogens is 2. The number of nitrogen functional groups attached to an aromatic ring is 1. The standard InChI is InChI=1S/C13H13F2N3OS/c1-7(8-3-4-9(14)10(15)5-8)18(2)12(19)11-6-20-13(16)17-11/h3-7H,1-2H3,(H2,16,17). The highest BCUT2D eigenvalue weighted by Crippen LogP contribution is 2.23. The third-order valence-corrected chi connectivity index (χ3v) is 3.74. The van der Waals surface area contributed by atoms with Gasteiger partial charge in [-0.2, -0.15) is 0 Å². The van der Waals surface area contributed by atoms with Crippen LogP contribution >= 0.6 is 11.3 Å². The molecule has 2 rings (SSSR count). The number of aromatic nitrogens is 1. The van der Waals surface area contributed by atoms with Crippen LogP contribution in [0.4, 0.5) is 13.9 Å². The Morgan fingerprint density at radius 3 is 2.65 bits per heavy atom. The van der Waals surface area contributed by atoms with Crippen LogP contribution in [0.25, 0.3) is 0 Å². The molecule has 7 heteroatoms. The molecule has 2 N–H and O–H groups in total. The lowest BCUT2D eigenvalue weighted by Crippen LogP contribution is -2.30. The number of thiazole rings is 1. The van der Waals surface area contributed by atoms with Gasteiger partial charge in [0.25, 0.3) is 5.91 Å². The van der Waals surface area contributed by atoms with Crippen molar-refractivity contribution >= 4 is 22.4 Å². The summed E-state index contributed by atoms with van der Waals surface area (Å²) < 4.78 is 26.1. The minimum atomic E-state index is -0.937. The van der Waals surface area contributed by atoms with Crippen molar-refractivity contribution in [1.82, 2.24) is 9.88 Å². The summed E-state index contributed by atoms with van der Waals surface area (Å²) in [6.07, 6.45) is 0. The van der Waals surface area contributed by atoms with Crippen LogP contribution in [0.3, 0.4) is 0 Å². The Bertz CT molecular complexity index is 644. The molecular weight excluding hydrogens is 284 g/mol. The number of rotatable bonds is 3. The van der Waals surface area contributed by atoms with Gasteiger partial charge in [0.15, 0.2) is 16.8 Å². The van der Waals surface area contributed by atoms with Gasteiger partial charge in [0, 0.05) is 12.4 Å². The first-order valence-electron chi connectivity index (χ1n) is 5.83. The fraction of sp³-hybridized carbons (Fsp3) is 0.231. The first-order valence-corrected chi connectivity index (χ1v) is 6.71. The molecule has 106 valence electrons. The van der Waals surface area contributed by atoms with E-state index in [0.717, 1.165) is 12.1 Å². The molecule has 1 atom stereocenters. The number of benzene rings is 1. The maximum absolute atomic E-state index is 13.2. The highest BCUT2D eigenvalue weighted by Gasteiger charge is 2.21. The van der Waals surface area contributed by atoms with Gasteiger partial charge in [-0.25, -0.2) is 13.8 Å². The fourth-order valence-electron chi connectivity index (χ4n) is 1.74. The van der Waals surface area contributed by atoms with Gasteiger partial charge in [-0.1, -0.05) is 6.07 Å². The molecule has 0 aliphatic heterocycles. The molecule has 0 bridgehead atoms. The van der Waals surface area contributed by atoms with Crippen LogP contribution < -0.4 is 5.73 Å². The van der Waals surface area contributed by atoms with E-state index in [4.69, 9.17) is 5.73 Å². The van der Waals surface area contributed by atoms with Crippen LogP contribution in [0.2, 0.25) is 0 Å². The molecule has 0 fully saturated rings. The van der Waals surface area contributed by atoms with Gasteiger partial charge in [-0.3, -0.25) is 4.79 Å². The Hall–Kier alpha value is -2.02. The van der Waals surface area contributed by atoms with Gasteiger partial charge in [0.2, 0.25) is 0 Å². The predicted octanol–water partition coefficient (Wildman–Crippen LogP) is 2.84. The van der Waals surface area contributed by atoms with Crippen LogP contribution in [-0.4, -0.2) is 22.8 Å². The van der Waals surface area contributed by atoms with Crippen molar-refractivity contribution in [2.75, 3.05) is 12.8 Å². The third kappa shape index (κ3) is 2.77. The van der Waals surface area contributed by atoms with E-state index in [1.165, 1.54) is 22.3 Å². The Balaban J connectivity index is 2.21. The highest BCUT2D eigenvalue weighted by molar-refractivity contribution is 7.13. The normalized spacial score (nSPS) is 12.2. The average Bonchev–Trinajstić information content (AvgIpc) is 2.86. The zero-order valence-electron chi connectivity index (χ0n) is 10.9. The van der Waals surface area contributed by atoms with E-state index in [0.29, 0.717) is 10.7 Å². The molecule has 1 unspecified atom stereocenters. The summed E-state index contributed by atoms with van der Waals surface area (Å²) in [4.78, 5) is 17.5. The molecule has 1 aromatic carbocycles. The van der Waals surface area contributed by atoms with Crippen molar-refractivity contribution in [2.24, 2.45) is 0 Å². The van der Waals surface area contributed by atoms with E-state index >= 15 is 0 Å². The second-order valence-corrected chi connectivity index (χ2v) is 5.23. The lowest BCUT2D eigenvalue weighted by molar-refractivity contribution is 0.0737. The molecule has 2 aromatic rings. The zero-order valence-corrected chi connectivity index (χ0v) is 11.7. The topological polar surface area (TPSA) is 59.2 Å². The molecule has 0 saturated carbocycles. The van der Waals surface area contributed by atoms with E-state index in [1.54, 1.807) is 19.4 Å². The number of nitrogens with two attached hydrogens (primary N) is 1. The van der Waals surface area contributed by atoms with Crippen molar-refractivity contribution in [3.05, 3.63) is 46.5 Å². The van der Waals surface area contributed by atoms with Crippen molar-refractivity contribution in [2.45, 2.75) is 13.0 Å². The second-order valence-electron chi connectivity index (χ2n) is 4.34. The van der Waals surface area contributed by atoms with Crippen molar-refractivity contribution in [3.63, 3.8) is 0 Å². The summed E-state index contributed by atoms with van der Waals surface area (Å²) in [6.45, 7) is 1.72. The van der Waals surface area contributed by atoms with E-state index in [1.807, 2.05) is 0 Å². The molecule has 4 nitrogen and oxygen atoms in total. The molecule has 0 aliphatic rings. The monoisotopic (exact) mass is 297 g/mol. The molecule has 1 amide bonds. The summed E-state index contributed by atoms with van der Waals surface area (Å²) in [5.74, 6) is -2.18. The smallest absolute Gasteiger partial charge is 0.273 e. The summed E-state index contributed by atoms with van der Waals surface area (Å²) in [7, 11) is 1.57. The van der Waals surface area contributed by atoms with E-state index in [-0.39, 0.29) is 11.6 Å². The van der Waals surface area contributed by atoms with Crippen LogP contribution in [0, 0.1) is 11.6 Å². The molecule has 0 spiro atoms. The Kier molecular flexibility index (Phi) is 3.99. The van der Waals surface area contributed by atoms with Crippen LogP contribution in [0.1, 0.15) is 29.0 Å². The van der Waals surface area contributed by atoms with Gasteiger partial charge >= 0.3 is 0 Å². The number of anilines is 1. The summed E-state index contributed by atoms with van der Waals surface area (Å²) in [5.41, 5.74) is 6.23. The van der Waals surface area contributed by atoms with Gasteiger partial charge in [-0.15, -0.1) is 11.3 Å². The number of amides is 1. The molecular formula is C13H13F2N3OS. The SMILES string of the molecule is CC(c1ccc(F)c(F)c1)N(C)C(=O)c1csc(N)n1. The van der Waals surface area contributed by atoms with E-state index < -0.39 is 17.7 Å². The Labute approximate surface area is 118 Å². The number of carbonyl (C=O) groups excluding carboxylic acids is 1. The number of hydrogen-bond donors (Lipinski definition) is 1. The number of carbonyl (C=O) groups is 1. The first kappa shape index (κ1) is 14.4. The van der Waals surface area contributed by atoms with Gasteiger partial charge in [0.1, 0.15) is 5.69 Å². The van der Waals surface area contributed by atoms with Crippen LogP contribution in [-0.2, 0) is 0 Å². The van der Waals surface area contributed by atoms with Crippen molar-refractivity contribution < 1.29 is 13.6 Å². The predicted molar refractivity (Wildman–Crippen MR) is 73.4 cm³/mol. The quantitative estimate of drug-likeness (QED) is 0.947. The maximum atomic E-state index is 13.2. The third-order valence-electron chi connectivity index (χ3n) is 3.07. The number of hydrogen-bond acceptors (Lipinski definition) is 4. The molecule has 20 heavy (non-hydrogen) atoms. The highest BCUT2D eigenvalue weighted by atomic mass is 32.1. The summed E-state index contributed by atoms with van der Waals surface area (Å²) in [6, 6.07) is 3.16. The summed E-state index contributed by atoms with van der Waals surface area (Å²) >= 11 is 1.17. The lowest BCUT2D eigenvalue weighted by Gasteiger charge is -2.24. The average molecular weight is 297 g/mol. The maximum Gasteiger partial charge on any atom is 0.273 e. The van der Waals surface area contributed by atoms with Crippen LogP contribution in [0.15, 0.2) is 23.6 Å². The van der Waals surface area contributed by atoms with Crippen molar-refractivity contribution in [1.29, 1.82) is 0 Å². The lowest BCUT2D eigenvalue weighted by atomic mass is 10.1. The van der Waals surface area contributed by atoms with Crippen molar-refractivity contribution in [3.8, 4) is 0 Å². The summed E-state index contributed by atoms with van der Waals surface area (Å²) in [5, 5.41) is 1.87. The minimum Gasteiger partial charge on any atom is -0.375 e. The first-order chi connectivity index (χ1) is 9.40. The number of nitrogens with zero attached hydrogens (tertiary/aromatic N) is 2. The van der Waals surface area contributed by atoms with E-state index in [2.05, 4.69) is 4.98 Å². The molecule has 1 heterocycles.